The Kier molecular flexibility index (Phi) is 6.21. The van der Waals surface area contributed by atoms with Crippen molar-refractivity contribution in [2.24, 2.45) is 0 Å². The van der Waals surface area contributed by atoms with Gasteiger partial charge in [0.2, 0.25) is 0 Å². The van der Waals surface area contributed by atoms with Crippen molar-refractivity contribution in [2.45, 2.75) is 37.8 Å². The average molecular weight is 443 g/mol. The van der Waals surface area contributed by atoms with E-state index in [0.717, 1.165) is 36.8 Å². The second-order valence-corrected chi connectivity index (χ2v) is 8.66. The number of nitrogens with zero attached hydrogens (tertiary/aromatic N) is 2. The van der Waals surface area contributed by atoms with Crippen molar-refractivity contribution >= 4 is 28.2 Å². The van der Waals surface area contributed by atoms with Crippen LogP contribution in [0.3, 0.4) is 0 Å². The molecule has 2 aromatic carbocycles. The number of fused-ring (bicyclic) bond motifs is 1. The number of phenolic OH excluding ortho intramolecular Hbond substituents is 1. The van der Waals surface area contributed by atoms with Gasteiger partial charge in [0.15, 0.2) is 11.5 Å². The third-order valence-corrected chi connectivity index (χ3v) is 6.39. The van der Waals surface area contributed by atoms with Crippen molar-refractivity contribution in [3.63, 3.8) is 0 Å². The molecule has 7 heteroatoms. The maximum absolute atomic E-state index is 15.0. The van der Waals surface area contributed by atoms with E-state index < -0.39 is 5.82 Å². The highest BCUT2D eigenvalue weighted by atomic mass is 35.5. The molecule has 2 N–H and O–H groups in total. The lowest BCUT2D eigenvalue weighted by Gasteiger charge is -2.33. The van der Waals surface area contributed by atoms with Crippen molar-refractivity contribution in [1.29, 1.82) is 0 Å². The van der Waals surface area contributed by atoms with Gasteiger partial charge in [0.1, 0.15) is 5.82 Å². The van der Waals surface area contributed by atoms with Crippen molar-refractivity contribution in [3.8, 4) is 22.6 Å². The number of pyridine rings is 1. The first-order valence-corrected chi connectivity index (χ1v) is 10.7. The van der Waals surface area contributed by atoms with Crippen LogP contribution in [0.5, 0.6) is 11.5 Å². The Morgan fingerprint density at radius 2 is 1.94 bits per heavy atom. The summed E-state index contributed by atoms with van der Waals surface area (Å²) in [6.07, 6.45) is 5.99. The first-order valence-electron chi connectivity index (χ1n) is 10.4. The molecule has 0 spiro atoms. The maximum Gasteiger partial charge on any atom is 0.176 e. The molecule has 4 rings (SSSR count). The summed E-state index contributed by atoms with van der Waals surface area (Å²) in [6, 6.07) is 10.4. The van der Waals surface area contributed by atoms with E-state index in [1.807, 2.05) is 0 Å². The number of nitrogens with one attached hydrogen (secondary N) is 1. The van der Waals surface area contributed by atoms with Crippen LogP contribution >= 0.6 is 11.6 Å². The van der Waals surface area contributed by atoms with Gasteiger partial charge in [0.05, 0.1) is 23.3 Å². The van der Waals surface area contributed by atoms with Crippen LogP contribution in [0.25, 0.3) is 22.0 Å². The number of phenols is 1. The molecule has 0 atom stereocenters. The van der Waals surface area contributed by atoms with Crippen molar-refractivity contribution in [2.75, 3.05) is 26.5 Å². The lowest BCUT2D eigenvalue weighted by atomic mass is 9.90. The number of rotatable bonds is 5. The first-order chi connectivity index (χ1) is 14.9. The molecule has 1 fully saturated rings. The van der Waals surface area contributed by atoms with E-state index in [9.17, 15) is 9.50 Å². The summed E-state index contributed by atoms with van der Waals surface area (Å²) in [5.74, 6) is -0.400. The second-order valence-electron chi connectivity index (χ2n) is 8.25. The number of methoxy groups -OCH3 is 1. The number of benzene rings is 2. The van der Waals surface area contributed by atoms with Gasteiger partial charge in [0.25, 0.3) is 0 Å². The molecule has 1 aliphatic rings. The number of aromatic hydroxyl groups is 1. The molecule has 1 aromatic heterocycles. The molecule has 0 bridgehead atoms. The predicted molar refractivity (Wildman–Crippen MR) is 123 cm³/mol. The standard InChI is InChI=1S/C24H26ClFN3O2/c1-29(2)16-6-4-15(5-7-16)28-21-8-9-27-22-13-20(26)17(12-18(21)22)14-10-19(25)24(30)23(11-14)31-3/h9-13,15-16,30H,4-7H2,1-3H3,(H,27,28). The van der Waals surface area contributed by atoms with Crippen LogP contribution in [0.2, 0.25) is 5.02 Å². The van der Waals surface area contributed by atoms with Crippen LogP contribution in [0.15, 0.2) is 30.5 Å². The molecule has 163 valence electrons. The van der Waals surface area contributed by atoms with Gasteiger partial charge in [-0.25, -0.2) is 4.39 Å². The summed E-state index contributed by atoms with van der Waals surface area (Å²) in [4.78, 5) is 6.59. The number of hydrogen-bond acceptors (Lipinski definition) is 5. The van der Waals surface area contributed by atoms with Crippen LogP contribution in [0.1, 0.15) is 25.7 Å². The minimum Gasteiger partial charge on any atom is -0.503 e. The maximum atomic E-state index is 15.0. The molecule has 1 saturated carbocycles. The van der Waals surface area contributed by atoms with Crippen LogP contribution in [-0.2, 0) is 0 Å². The molecule has 0 amide bonds. The fraction of sp³-hybridized carbons (Fsp3) is 0.375. The largest absolute Gasteiger partial charge is 0.503 e. The number of anilines is 1. The fourth-order valence-electron chi connectivity index (χ4n) is 4.28. The molecular formula is C24H26ClFN3O2. The average Bonchev–Trinajstić information content (AvgIpc) is 2.75. The third kappa shape index (κ3) is 4.41. The summed E-state index contributed by atoms with van der Waals surface area (Å²) in [7, 11) is 5.68. The zero-order valence-electron chi connectivity index (χ0n) is 17.9. The third-order valence-electron chi connectivity index (χ3n) is 6.10. The minimum atomic E-state index is -0.424. The van der Waals surface area contributed by atoms with Crippen molar-refractivity contribution < 1.29 is 14.2 Å². The number of aromatic nitrogens is 1. The Balaban J connectivity index is 1.69. The van der Waals surface area contributed by atoms with Crippen LogP contribution < -0.4 is 10.1 Å². The van der Waals surface area contributed by atoms with Gasteiger partial charge in [-0.05, 0) is 63.5 Å². The lowest BCUT2D eigenvalue weighted by molar-refractivity contribution is 0.221. The van der Waals surface area contributed by atoms with Gasteiger partial charge in [-0.3, -0.25) is 4.98 Å². The Morgan fingerprint density at radius 1 is 1.19 bits per heavy atom. The van der Waals surface area contributed by atoms with Crippen molar-refractivity contribution in [1.82, 2.24) is 9.88 Å². The number of ether oxygens (including phenoxy) is 1. The molecule has 31 heavy (non-hydrogen) atoms. The van der Waals surface area contributed by atoms with Gasteiger partial charge >= 0.3 is 0 Å². The van der Waals surface area contributed by atoms with Crippen LogP contribution in [0.4, 0.5) is 10.1 Å². The molecule has 1 radical (unpaired) electrons. The molecule has 1 aliphatic carbocycles. The van der Waals surface area contributed by atoms with Crippen molar-refractivity contribution in [3.05, 3.63) is 47.4 Å². The monoisotopic (exact) mass is 442 g/mol. The fourth-order valence-corrected chi connectivity index (χ4v) is 4.49. The van der Waals surface area contributed by atoms with E-state index in [1.54, 1.807) is 18.3 Å². The van der Waals surface area contributed by atoms with E-state index in [4.69, 9.17) is 16.3 Å². The normalized spacial score (nSPS) is 19.0. The van der Waals surface area contributed by atoms with Crippen LogP contribution in [-0.4, -0.2) is 48.3 Å². The highest BCUT2D eigenvalue weighted by Crippen LogP contribution is 2.40. The number of hydrogen-bond donors (Lipinski definition) is 2. The molecule has 0 unspecified atom stereocenters. The lowest BCUT2D eigenvalue weighted by Crippen LogP contribution is -2.36. The van der Waals surface area contributed by atoms with E-state index in [2.05, 4.69) is 35.4 Å². The highest BCUT2D eigenvalue weighted by molar-refractivity contribution is 6.32. The predicted octanol–water partition coefficient (Wildman–Crippen LogP) is 5.49. The van der Waals surface area contributed by atoms with E-state index in [0.29, 0.717) is 28.7 Å². The SMILES string of the molecule is COc1cc(-c2cc3c(NC4CCC(N(C)C)CC4)[c]cnc3cc2F)cc(Cl)c1O. The summed E-state index contributed by atoms with van der Waals surface area (Å²) >= 11 is 6.13. The van der Waals surface area contributed by atoms with E-state index in [-0.39, 0.29) is 16.5 Å². The number of halogens is 2. The topological polar surface area (TPSA) is 57.6 Å². The molecule has 0 saturated heterocycles. The zero-order chi connectivity index (χ0) is 22.1. The highest BCUT2D eigenvalue weighted by Gasteiger charge is 2.23. The zero-order valence-corrected chi connectivity index (χ0v) is 18.6. The van der Waals surface area contributed by atoms with Crippen LogP contribution in [0, 0.1) is 11.9 Å². The van der Waals surface area contributed by atoms with E-state index >= 15 is 0 Å². The van der Waals surface area contributed by atoms with Gasteiger partial charge in [-0.1, -0.05) is 11.6 Å². The molecule has 0 aliphatic heterocycles. The van der Waals surface area contributed by atoms with Gasteiger partial charge in [-0.15, -0.1) is 0 Å². The Morgan fingerprint density at radius 3 is 2.61 bits per heavy atom. The summed E-state index contributed by atoms with van der Waals surface area (Å²) in [5.41, 5.74) is 2.24. The first kappa shape index (κ1) is 21.7. The van der Waals surface area contributed by atoms with Gasteiger partial charge < -0.3 is 20.1 Å². The summed E-state index contributed by atoms with van der Waals surface area (Å²) in [6.45, 7) is 0. The Bertz CT molecular complexity index is 1100. The quantitative estimate of drug-likeness (QED) is 0.547. The second kappa shape index (κ2) is 8.89. The smallest absolute Gasteiger partial charge is 0.176 e. The molecular weight excluding hydrogens is 417 g/mol. The minimum absolute atomic E-state index is 0.0996. The van der Waals surface area contributed by atoms with E-state index in [1.165, 1.54) is 19.2 Å². The Labute approximate surface area is 186 Å². The molecule has 3 aromatic rings. The molecule has 1 heterocycles. The summed E-state index contributed by atoms with van der Waals surface area (Å²) < 4.78 is 20.1. The summed E-state index contributed by atoms with van der Waals surface area (Å²) in [5, 5.41) is 14.5. The molecule has 5 nitrogen and oxygen atoms in total. The van der Waals surface area contributed by atoms with Gasteiger partial charge in [-0.2, -0.15) is 0 Å². The van der Waals surface area contributed by atoms with Gasteiger partial charge in [0, 0.05) is 41.4 Å². The Hall–Kier alpha value is -2.57.